The third-order valence-corrected chi connectivity index (χ3v) is 6.05. The fourth-order valence-corrected chi connectivity index (χ4v) is 4.22. The molecule has 34 heavy (non-hydrogen) atoms. The van der Waals surface area contributed by atoms with Crippen molar-refractivity contribution in [2.45, 2.75) is 57.5 Å². The van der Waals surface area contributed by atoms with Gasteiger partial charge >= 0.3 is 6.03 Å². The molecule has 2 heterocycles. The van der Waals surface area contributed by atoms with Gasteiger partial charge in [-0.1, -0.05) is 37.5 Å². The molecule has 1 saturated carbocycles. The molecule has 0 radical (unpaired) electrons. The Labute approximate surface area is 200 Å². The molecule has 1 aliphatic carbocycles. The Balaban J connectivity index is 1.27. The summed E-state index contributed by atoms with van der Waals surface area (Å²) in [5.74, 6) is -0.0531. The minimum Gasteiger partial charge on any atom is -0.352 e. The molecule has 2 aromatic heterocycles. The maximum Gasteiger partial charge on any atom is 0.315 e. The molecule has 1 aliphatic rings. The highest BCUT2D eigenvalue weighted by Gasteiger charge is 2.16. The number of carbonyl (C=O) groups excluding carboxylic acids is 2. The smallest absolute Gasteiger partial charge is 0.315 e. The summed E-state index contributed by atoms with van der Waals surface area (Å²) in [5.41, 5.74) is 3.64. The number of rotatable bonds is 9. The van der Waals surface area contributed by atoms with E-state index in [-0.39, 0.29) is 18.0 Å². The van der Waals surface area contributed by atoms with Gasteiger partial charge in [0.25, 0.3) is 0 Å². The van der Waals surface area contributed by atoms with E-state index in [9.17, 15) is 9.59 Å². The highest BCUT2D eigenvalue weighted by molar-refractivity contribution is 5.77. The SMILES string of the molecule is O=C(CCCNC(=O)NC1CCCCC1)NCc1cn(-c2ccccc2)nc1-c1ccncc1. The van der Waals surface area contributed by atoms with Crippen LogP contribution >= 0.6 is 0 Å². The first-order valence-corrected chi connectivity index (χ1v) is 12.0. The average molecular weight is 461 g/mol. The Bertz CT molecular complexity index is 1060. The zero-order chi connectivity index (χ0) is 23.6. The van der Waals surface area contributed by atoms with Gasteiger partial charge in [0.15, 0.2) is 0 Å². The predicted molar refractivity (Wildman–Crippen MR) is 131 cm³/mol. The van der Waals surface area contributed by atoms with Gasteiger partial charge < -0.3 is 16.0 Å². The lowest BCUT2D eigenvalue weighted by molar-refractivity contribution is -0.121. The topological polar surface area (TPSA) is 101 Å². The van der Waals surface area contributed by atoms with E-state index >= 15 is 0 Å². The Morgan fingerprint density at radius 2 is 1.74 bits per heavy atom. The number of nitrogens with zero attached hydrogens (tertiary/aromatic N) is 3. The van der Waals surface area contributed by atoms with Crippen LogP contribution in [-0.4, -0.2) is 39.3 Å². The van der Waals surface area contributed by atoms with Crippen LogP contribution in [0.2, 0.25) is 0 Å². The van der Waals surface area contributed by atoms with Gasteiger partial charge in [-0.25, -0.2) is 9.48 Å². The molecular formula is C26H32N6O2. The molecule has 8 heteroatoms. The maximum atomic E-state index is 12.4. The Hall–Kier alpha value is -3.68. The fourth-order valence-electron chi connectivity index (χ4n) is 4.22. The van der Waals surface area contributed by atoms with Gasteiger partial charge in [-0.2, -0.15) is 5.10 Å². The minimum atomic E-state index is -0.136. The number of nitrogens with one attached hydrogen (secondary N) is 3. The zero-order valence-corrected chi connectivity index (χ0v) is 19.4. The number of aromatic nitrogens is 3. The average Bonchev–Trinajstić information content (AvgIpc) is 3.31. The van der Waals surface area contributed by atoms with Crippen LogP contribution in [0.1, 0.15) is 50.5 Å². The second-order valence-corrected chi connectivity index (χ2v) is 8.63. The van der Waals surface area contributed by atoms with E-state index in [1.807, 2.05) is 53.3 Å². The van der Waals surface area contributed by atoms with Crippen LogP contribution in [0.25, 0.3) is 16.9 Å². The van der Waals surface area contributed by atoms with Crippen LogP contribution in [-0.2, 0) is 11.3 Å². The van der Waals surface area contributed by atoms with E-state index < -0.39 is 0 Å². The third kappa shape index (κ3) is 6.66. The van der Waals surface area contributed by atoms with E-state index in [4.69, 9.17) is 5.10 Å². The first kappa shape index (κ1) is 23.5. The summed E-state index contributed by atoms with van der Waals surface area (Å²) in [5, 5.41) is 13.6. The van der Waals surface area contributed by atoms with Crippen molar-refractivity contribution in [2.75, 3.05) is 6.54 Å². The van der Waals surface area contributed by atoms with Gasteiger partial charge in [0.1, 0.15) is 0 Å². The van der Waals surface area contributed by atoms with E-state index in [0.717, 1.165) is 35.3 Å². The lowest BCUT2D eigenvalue weighted by atomic mass is 9.96. The quantitative estimate of drug-likeness (QED) is 0.421. The van der Waals surface area contributed by atoms with Gasteiger partial charge in [-0.3, -0.25) is 9.78 Å². The Morgan fingerprint density at radius 3 is 2.50 bits per heavy atom. The molecule has 178 valence electrons. The minimum absolute atomic E-state index is 0.0531. The molecule has 3 N–H and O–H groups in total. The van der Waals surface area contributed by atoms with E-state index in [2.05, 4.69) is 20.9 Å². The lowest BCUT2D eigenvalue weighted by Gasteiger charge is -2.22. The van der Waals surface area contributed by atoms with Crippen LogP contribution in [0.5, 0.6) is 0 Å². The van der Waals surface area contributed by atoms with E-state index in [1.54, 1.807) is 12.4 Å². The third-order valence-electron chi connectivity index (χ3n) is 6.05. The van der Waals surface area contributed by atoms with Gasteiger partial charge in [0.05, 0.1) is 11.4 Å². The monoisotopic (exact) mass is 460 g/mol. The lowest BCUT2D eigenvalue weighted by Crippen LogP contribution is -2.43. The number of urea groups is 1. The van der Waals surface area contributed by atoms with Crippen molar-refractivity contribution in [1.29, 1.82) is 0 Å². The van der Waals surface area contributed by atoms with Crippen LogP contribution in [0.15, 0.2) is 61.1 Å². The van der Waals surface area contributed by atoms with Crippen LogP contribution < -0.4 is 16.0 Å². The van der Waals surface area contributed by atoms with Crippen LogP contribution in [0.3, 0.4) is 0 Å². The molecule has 0 atom stereocenters. The Morgan fingerprint density at radius 1 is 0.971 bits per heavy atom. The van der Waals surface area contributed by atoms with E-state index in [0.29, 0.717) is 25.9 Å². The summed E-state index contributed by atoms with van der Waals surface area (Å²) >= 11 is 0. The van der Waals surface area contributed by atoms with Crippen molar-refractivity contribution in [3.05, 3.63) is 66.6 Å². The summed E-state index contributed by atoms with van der Waals surface area (Å²) in [6.07, 6.45) is 12.1. The van der Waals surface area contributed by atoms with E-state index in [1.165, 1.54) is 19.3 Å². The molecule has 3 amide bonds. The van der Waals surface area contributed by atoms with Gasteiger partial charge in [0.2, 0.25) is 5.91 Å². The molecule has 4 rings (SSSR count). The number of amides is 3. The van der Waals surface area contributed by atoms with Gasteiger partial charge in [-0.05, 0) is 43.5 Å². The number of hydrogen-bond donors (Lipinski definition) is 3. The molecule has 3 aromatic rings. The van der Waals surface area contributed by atoms with Crippen LogP contribution in [0, 0.1) is 0 Å². The standard InChI is InChI=1S/C26H32N6O2/c33-24(12-7-15-28-26(34)30-22-8-3-1-4-9-22)29-18-21-19-32(23-10-5-2-6-11-23)31-25(21)20-13-16-27-17-14-20/h2,5-6,10-11,13-14,16-17,19,22H,1,3-4,7-9,12,15,18H2,(H,29,33)(H2,28,30,34). The van der Waals surface area contributed by atoms with Gasteiger partial charge in [0, 0.05) is 55.3 Å². The first-order chi connectivity index (χ1) is 16.7. The van der Waals surface area contributed by atoms with Crippen molar-refractivity contribution >= 4 is 11.9 Å². The molecule has 0 unspecified atom stereocenters. The molecule has 8 nitrogen and oxygen atoms in total. The number of carbonyl (C=O) groups is 2. The largest absolute Gasteiger partial charge is 0.352 e. The summed E-state index contributed by atoms with van der Waals surface area (Å²) < 4.78 is 1.83. The number of pyridine rings is 1. The van der Waals surface area contributed by atoms with Crippen molar-refractivity contribution < 1.29 is 9.59 Å². The summed E-state index contributed by atoms with van der Waals surface area (Å²) in [6, 6.07) is 13.8. The highest BCUT2D eigenvalue weighted by Crippen LogP contribution is 2.23. The summed E-state index contributed by atoms with van der Waals surface area (Å²) in [4.78, 5) is 28.5. The summed E-state index contributed by atoms with van der Waals surface area (Å²) in [7, 11) is 0. The van der Waals surface area contributed by atoms with Gasteiger partial charge in [-0.15, -0.1) is 0 Å². The number of benzene rings is 1. The van der Waals surface area contributed by atoms with Crippen molar-refractivity contribution in [2.24, 2.45) is 0 Å². The van der Waals surface area contributed by atoms with Crippen LogP contribution in [0.4, 0.5) is 4.79 Å². The predicted octanol–water partition coefficient (Wildman–Crippen LogP) is 3.96. The molecule has 0 aliphatic heterocycles. The normalized spacial score (nSPS) is 13.9. The molecular weight excluding hydrogens is 428 g/mol. The molecule has 1 fully saturated rings. The molecule has 0 bridgehead atoms. The maximum absolute atomic E-state index is 12.4. The summed E-state index contributed by atoms with van der Waals surface area (Å²) in [6.45, 7) is 0.846. The number of para-hydroxylation sites is 1. The zero-order valence-electron chi connectivity index (χ0n) is 19.4. The molecule has 0 spiro atoms. The van der Waals surface area contributed by atoms with Crippen molar-refractivity contribution in [3.63, 3.8) is 0 Å². The second-order valence-electron chi connectivity index (χ2n) is 8.63. The highest BCUT2D eigenvalue weighted by atomic mass is 16.2. The second kappa shape index (κ2) is 12.0. The molecule has 0 saturated heterocycles. The Kier molecular flexibility index (Phi) is 8.27. The first-order valence-electron chi connectivity index (χ1n) is 12.0. The molecule has 1 aromatic carbocycles. The number of hydrogen-bond acceptors (Lipinski definition) is 4. The fraction of sp³-hybridized carbons (Fsp3) is 0.385. The van der Waals surface area contributed by atoms with Crippen molar-refractivity contribution in [3.8, 4) is 16.9 Å². The van der Waals surface area contributed by atoms with Crippen molar-refractivity contribution in [1.82, 2.24) is 30.7 Å².